The highest BCUT2D eigenvalue weighted by Crippen LogP contribution is 2.45. The number of hydrogen-bond donors (Lipinski definition) is 1. The molecule has 0 radical (unpaired) electrons. The van der Waals surface area contributed by atoms with E-state index in [-0.39, 0.29) is 11.0 Å². The van der Waals surface area contributed by atoms with Gasteiger partial charge in [-0.25, -0.2) is 0 Å². The van der Waals surface area contributed by atoms with Crippen molar-refractivity contribution in [2.75, 3.05) is 7.05 Å². The number of furan rings is 1. The van der Waals surface area contributed by atoms with Crippen molar-refractivity contribution in [1.29, 1.82) is 0 Å². The number of nitrogens with one attached hydrogen (secondary N) is 1. The first kappa shape index (κ1) is 21.3. The van der Waals surface area contributed by atoms with Crippen molar-refractivity contribution in [1.82, 2.24) is 10.2 Å². The molecule has 0 amide bonds. The van der Waals surface area contributed by atoms with Crippen LogP contribution in [-0.4, -0.2) is 17.5 Å². The Bertz CT molecular complexity index is 1180. The van der Waals surface area contributed by atoms with E-state index in [4.69, 9.17) is 4.42 Å². The summed E-state index contributed by atoms with van der Waals surface area (Å²) in [4.78, 5) is 2.25. The molecule has 4 rings (SSSR count). The minimum atomic E-state index is -0.156. The fraction of sp³-hybridized carbons (Fsp3) is 0.357. The number of benzene rings is 2. The predicted octanol–water partition coefficient (Wildman–Crippen LogP) is 7.25. The normalized spacial score (nSPS) is 26.4. The summed E-state index contributed by atoms with van der Waals surface area (Å²) in [5.74, 6) is 0. The fourth-order valence-electron chi connectivity index (χ4n) is 5.06. The molecular weight excluding hydrogens is 380 g/mol. The molecule has 2 unspecified atom stereocenters. The zero-order valence-corrected chi connectivity index (χ0v) is 19.5. The Morgan fingerprint density at radius 3 is 2.65 bits per heavy atom. The molecule has 3 heteroatoms. The van der Waals surface area contributed by atoms with Crippen LogP contribution in [0.4, 0.5) is 0 Å². The number of aryl methyl sites for hydroxylation is 1. The summed E-state index contributed by atoms with van der Waals surface area (Å²) in [5.41, 5.74) is 5.41. The van der Waals surface area contributed by atoms with E-state index >= 15 is 0 Å². The van der Waals surface area contributed by atoms with Crippen LogP contribution in [0.1, 0.15) is 51.7 Å². The van der Waals surface area contributed by atoms with Crippen LogP contribution < -0.4 is 5.32 Å². The first-order chi connectivity index (χ1) is 14.9. The monoisotopic (exact) mass is 414 g/mol. The van der Waals surface area contributed by atoms with E-state index in [1.165, 1.54) is 21.9 Å². The van der Waals surface area contributed by atoms with Gasteiger partial charge < -0.3 is 14.6 Å². The number of likely N-dealkylation sites (N-methyl/N-ethyl adjacent to an activating group) is 1. The maximum atomic E-state index is 6.40. The van der Waals surface area contributed by atoms with Gasteiger partial charge in [0.15, 0.2) is 0 Å². The van der Waals surface area contributed by atoms with Crippen LogP contribution in [0.25, 0.3) is 27.6 Å². The van der Waals surface area contributed by atoms with Crippen molar-refractivity contribution < 1.29 is 4.42 Å². The Labute approximate surface area is 186 Å². The zero-order chi connectivity index (χ0) is 22.2. The lowest BCUT2D eigenvalue weighted by Crippen LogP contribution is -2.52. The van der Waals surface area contributed by atoms with E-state index in [1.807, 2.05) is 12.3 Å². The smallest absolute Gasteiger partial charge is 0.144 e. The highest BCUT2D eigenvalue weighted by molar-refractivity contribution is 6.08. The van der Waals surface area contributed by atoms with E-state index in [2.05, 4.69) is 100 Å². The highest BCUT2D eigenvalue weighted by Gasteiger charge is 2.43. The molecule has 162 valence electrons. The summed E-state index contributed by atoms with van der Waals surface area (Å²) in [6, 6.07) is 12.8. The van der Waals surface area contributed by atoms with Crippen molar-refractivity contribution in [3.05, 3.63) is 78.7 Å². The Morgan fingerprint density at radius 2 is 1.94 bits per heavy atom. The van der Waals surface area contributed by atoms with Gasteiger partial charge in [0.1, 0.15) is 11.2 Å². The van der Waals surface area contributed by atoms with Gasteiger partial charge in [0.05, 0.1) is 5.54 Å². The molecule has 1 aliphatic heterocycles. The Hall–Kier alpha value is -2.94. The number of nitrogens with zero attached hydrogens (tertiary/aromatic N) is 1. The molecule has 0 saturated heterocycles. The molecule has 0 aliphatic carbocycles. The van der Waals surface area contributed by atoms with Crippen molar-refractivity contribution in [2.45, 2.75) is 52.5 Å². The highest BCUT2D eigenvalue weighted by atomic mass is 16.3. The van der Waals surface area contributed by atoms with Crippen LogP contribution in [0.15, 0.2) is 71.9 Å². The van der Waals surface area contributed by atoms with Crippen LogP contribution in [0, 0.1) is 5.41 Å². The van der Waals surface area contributed by atoms with Crippen molar-refractivity contribution >= 4 is 27.6 Å². The molecule has 1 aliphatic rings. The summed E-state index contributed by atoms with van der Waals surface area (Å²) in [6.45, 7) is 13.1. The first-order valence-corrected chi connectivity index (χ1v) is 11.3. The lowest BCUT2D eigenvalue weighted by Gasteiger charge is -2.50. The van der Waals surface area contributed by atoms with Gasteiger partial charge in [0, 0.05) is 29.1 Å². The number of fused-ring (bicyclic) bond motifs is 5. The van der Waals surface area contributed by atoms with Gasteiger partial charge in [-0.05, 0) is 68.6 Å². The quantitative estimate of drug-likeness (QED) is 0.489. The van der Waals surface area contributed by atoms with E-state index in [1.54, 1.807) is 0 Å². The fourth-order valence-corrected chi connectivity index (χ4v) is 5.06. The number of rotatable bonds is 3. The molecule has 3 aromatic rings. The molecule has 1 aromatic heterocycles. The summed E-state index contributed by atoms with van der Waals surface area (Å²) >= 11 is 0. The minimum absolute atomic E-state index is 0.0711. The van der Waals surface area contributed by atoms with Crippen molar-refractivity contribution in [2.24, 2.45) is 5.41 Å². The minimum Gasteiger partial charge on any atom is -0.455 e. The second-order valence-corrected chi connectivity index (χ2v) is 9.11. The van der Waals surface area contributed by atoms with E-state index < -0.39 is 0 Å². The number of hydrogen-bond acceptors (Lipinski definition) is 3. The zero-order valence-electron chi connectivity index (χ0n) is 19.5. The van der Waals surface area contributed by atoms with Crippen LogP contribution in [-0.2, 0) is 6.42 Å². The van der Waals surface area contributed by atoms with E-state index in [0.29, 0.717) is 0 Å². The van der Waals surface area contributed by atoms with Gasteiger partial charge in [-0.3, -0.25) is 0 Å². The summed E-state index contributed by atoms with van der Waals surface area (Å²) in [5, 5.41) is 5.93. The first-order valence-electron chi connectivity index (χ1n) is 11.3. The SMILES string of the molecule is C=CN(C)C1(C)/C=C/N/C(=C\C)c2c(ccc3c2oc2ccccc23)CCC1(C)CC. The third-order valence-corrected chi connectivity index (χ3v) is 7.79. The maximum Gasteiger partial charge on any atom is 0.144 e. The van der Waals surface area contributed by atoms with Crippen LogP contribution in [0.5, 0.6) is 0 Å². The third-order valence-electron chi connectivity index (χ3n) is 7.79. The molecule has 0 spiro atoms. The molecule has 0 fully saturated rings. The van der Waals surface area contributed by atoms with Gasteiger partial charge in [-0.2, -0.15) is 0 Å². The average molecular weight is 415 g/mol. The largest absolute Gasteiger partial charge is 0.455 e. The van der Waals surface area contributed by atoms with Gasteiger partial charge in [0.2, 0.25) is 0 Å². The Kier molecular flexibility index (Phi) is 5.47. The second kappa shape index (κ2) is 7.96. The van der Waals surface area contributed by atoms with Crippen LogP contribution >= 0.6 is 0 Å². The van der Waals surface area contributed by atoms with Gasteiger partial charge >= 0.3 is 0 Å². The molecule has 0 saturated carbocycles. The second-order valence-electron chi connectivity index (χ2n) is 9.11. The lowest BCUT2D eigenvalue weighted by molar-refractivity contribution is 0.0646. The van der Waals surface area contributed by atoms with Gasteiger partial charge in [-0.15, -0.1) is 0 Å². The molecule has 2 atom stereocenters. The molecule has 3 nitrogen and oxygen atoms in total. The molecule has 0 bridgehead atoms. The van der Waals surface area contributed by atoms with E-state index in [9.17, 15) is 0 Å². The molecule has 31 heavy (non-hydrogen) atoms. The molecule has 2 heterocycles. The molecular formula is C28H34N2O. The number of para-hydroxylation sites is 1. The number of allylic oxidation sites excluding steroid dienone is 1. The standard InChI is InChI=1S/C28H34N2O/c1-7-23-25-20(14-15-22-21-12-10-11-13-24(21)31-26(22)25)16-17-27(4,8-2)28(5,18-19-29-23)30(6)9-3/h7,9-15,18-19,29H,3,8,16-17H2,1-2,4-6H3/b19-18+,23-7-. The lowest BCUT2D eigenvalue weighted by atomic mass is 9.65. The van der Waals surface area contributed by atoms with E-state index in [0.717, 1.165) is 36.1 Å². The van der Waals surface area contributed by atoms with Crippen molar-refractivity contribution in [3.63, 3.8) is 0 Å². The Morgan fingerprint density at radius 1 is 1.16 bits per heavy atom. The predicted molar refractivity (Wildman–Crippen MR) is 133 cm³/mol. The average Bonchev–Trinajstić information content (AvgIpc) is 3.17. The maximum absolute atomic E-state index is 6.40. The van der Waals surface area contributed by atoms with Gasteiger partial charge in [0.25, 0.3) is 0 Å². The van der Waals surface area contributed by atoms with Gasteiger partial charge in [-0.1, -0.05) is 56.8 Å². The topological polar surface area (TPSA) is 28.4 Å². The Balaban J connectivity index is 1.92. The van der Waals surface area contributed by atoms with Crippen LogP contribution in [0.2, 0.25) is 0 Å². The summed E-state index contributed by atoms with van der Waals surface area (Å²) in [6.07, 6.45) is 11.6. The van der Waals surface area contributed by atoms with Crippen molar-refractivity contribution in [3.8, 4) is 0 Å². The molecule has 2 aromatic carbocycles. The molecule has 1 N–H and O–H groups in total. The third kappa shape index (κ3) is 3.27. The summed E-state index contributed by atoms with van der Waals surface area (Å²) in [7, 11) is 2.12. The summed E-state index contributed by atoms with van der Waals surface area (Å²) < 4.78 is 6.40. The van der Waals surface area contributed by atoms with Crippen LogP contribution in [0.3, 0.4) is 0 Å².